The van der Waals surface area contributed by atoms with Crippen LogP contribution in [0.15, 0.2) is 36.0 Å². The van der Waals surface area contributed by atoms with Crippen molar-refractivity contribution in [2.75, 3.05) is 13.2 Å². The Labute approximate surface area is 124 Å². The summed E-state index contributed by atoms with van der Waals surface area (Å²) in [5.74, 6) is 1.95. The van der Waals surface area contributed by atoms with Crippen molar-refractivity contribution in [3.63, 3.8) is 0 Å². The smallest absolute Gasteiger partial charge is 0.161 e. The minimum Gasteiger partial charge on any atom is -0.490 e. The monoisotopic (exact) mass is 288 g/mol. The average molecular weight is 288 g/mol. The Kier molecular flexibility index (Phi) is 5.31. The molecular formula is C15H20N4O2. The fraction of sp³-hybridized carbons (Fsp3) is 0.400. The maximum atomic E-state index is 5.76. The van der Waals surface area contributed by atoms with Gasteiger partial charge in [-0.15, -0.1) is 10.2 Å². The molecule has 6 heteroatoms. The number of benzene rings is 1. The lowest BCUT2D eigenvalue weighted by Gasteiger charge is -2.13. The van der Waals surface area contributed by atoms with E-state index in [9.17, 15) is 0 Å². The lowest BCUT2D eigenvalue weighted by Crippen LogP contribution is -2.06. The van der Waals surface area contributed by atoms with Gasteiger partial charge < -0.3 is 9.47 Å². The van der Waals surface area contributed by atoms with E-state index in [1.807, 2.05) is 25.1 Å². The highest BCUT2D eigenvalue weighted by molar-refractivity contribution is 5.80. The van der Waals surface area contributed by atoms with Crippen molar-refractivity contribution in [2.24, 2.45) is 11.0 Å². The number of nitrogens with zero attached hydrogens (tertiary/aromatic N) is 4. The third-order valence-corrected chi connectivity index (χ3v) is 2.59. The zero-order valence-electron chi connectivity index (χ0n) is 12.6. The van der Waals surface area contributed by atoms with Gasteiger partial charge >= 0.3 is 0 Å². The summed E-state index contributed by atoms with van der Waals surface area (Å²) >= 11 is 0. The molecule has 6 nitrogen and oxygen atoms in total. The van der Waals surface area contributed by atoms with Crippen LogP contribution < -0.4 is 9.47 Å². The summed E-state index contributed by atoms with van der Waals surface area (Å²) in [6, 6.07) is 5.75. The highest BCUT2D eigenvalue weighted by Crippen LogP contribution is 2.28. The average Bonchev–Trinajstić information content (AvgIpc) is 2.97. The van der Waals surface area contributed by atoms with Crippen LogP contribution in [0.1, 0.15) is 26.3 Å². The maximum absolute atomic E-state index is 5.76. The second kappa shape index (κ2) is 7.42. The molecule has 1 aromatic heterocycles. The van der Waals surface area contributed by atoms with Crippen LogP contribution in [0, 0.1) is 5.92 Å². The zero-order valence-corrected chi connectivity index (χ0v) is 12.6. The van der Waals surface area contributed by atoms with Crippen LogP contribution in [0.5, 0.6) is 11.5 Å². The van der Waals surface area contributed by atoms with Gasteiger partial charge in [0.05, 0.1) is 19.4 Å². The van der Waals surface area contributed by atoms with Crippen LogP contribution in [-0.4, -0.2) is 34.3 Å². The molecule has 0 aliphatic carbocycles. The quantitative estimate of drug-likeness (QED) is 0.735. The first-order valence-corrected chi connectivity index (χ1v) is 6.97. The molecule has 0 spiro atoms. The van der Waals surface area contributed by atoms with Crippen molar-refractivity contribution in [3.05, 3.63) is 36.4 Å². The summed E-state index contributed by atoms with van der Waals surface area (Å²) in [4.78, 5) is 0. The number of ether oxygens (including phenoxy) is 2. The summed E-state index contributed by atoms with van der Waals surface area (Å²) in [6.45, 7) is 7.42. The van der Waals surface area contributed by atoms with Gasteiger partial charge in [-0.05, 0) is 36.6 Å². The van der Waals surface area contributed by atoms with E-state index >= 15 is 0 Å². The molecule has 112 valence electrons. The number of hydrogen-bond donors (Lipinski definition) is 0. The van der Waals surface area contributed by atoms with Gasteiger partial charge in [0.1, 0.15) is 12.7 Å². The highest BCUT2D eigenvalue weighted by Gasteiger charge is 2.07. The standard InChI is InChI=1S/C15H20N4O2/c1-4-20-15-7-13(8-18-19-10-16-17-11-19)5-6-14(15)21-9-12(2)3/h5-8,10-12H,4,9H2,1-3H3. The van der Waals surface area contributed by atoms with Crippen LogP contribution in [0.4, 0.5) is 0 Å². The van der Waals surface area contributed by atoms with Crippen LogP contribution in [0.25, 0.3) is 0 Å². The third-order valence-electron chi connectivity index (χ3n) is 2.59. The van der Waals surface area contributed by atoms with Crippen molar-refractivity contribution < 1.29 is 9.47 Å². The molecule has 0 radical (unpaired) electrons. The fourth-order valence-corrected chi connectivity index (χ4v) is 1.64. The molecule has 0 atom stereocenters. The first-order chi connectivity index (χ1) is 10.2. The molecule has 0 saturated heterocycles. The summed E-state index contributed by atoms with van der Waals surface area (Å²) in [5, 5.41) is 11.6. The summed E-state index contributed by atoms with van der Waals surface area (Å²) in [7, 11) is 0. The summed E-state index contributed by atoms with van der Waals surface area (Å²) in [6.07, 6.45) is 4.78. The van der Waals surface area contributed by atoms with E-state index in [4.69, 9.17) is 9.47 Å². The van der Waals surface area contributed by atoms with Gasteiger partial charge in [0.2, 0.25) is 0 Å². The van der Waals surface area contributed by atoms with Crippen molar-refractivity contribution in [1.29, 1.82) is 0 Å². The molecule has 0 N–H and O–H groups in total. The Hall–Kier alpha value is -2.37. The number of aromatic nitrogens is 3. The summed E-state index contributed by atoms with van der Waals surface area (Å²) in [5.41, 5.74) is 0.920. The molecule has 0 aliphatic rings. The van der Waals surface area contributed by atoms with Gasteiger partial charge in [-0.1, -0.05) is 13.8 Å². The van der Waals surface area contributed by atoms with Crippen LogP contribution >= 0.6 is 0 Å². The zero-order chi connectivity index (χ0) is 15.1. The van der Waals surface area contributed by atoms with Gasteiger partial charge in [-0.3, -0.25) is 0 Å². The van der Waals surface area contributed by atoms with E-state index in [-0.39, 0.29) is 0 Å². The predicted octanol–water partition coefficient (Wildman–Crippen LogP) is 2.59. The predicted molar refractivity (Wildman–Crippen MR) is 81.0 cm³/mol. The fourth-order valence-electron chi connectivity index (χ4n) is 1.64. The Morgan fingerprint density at radius 1 is 1.19 bits per heavy atom. The van der Waals surface area contributed by atoms with E-state index in [0.29, 0.717) is 19.1 Å². The van der Waals surface area contributed by atoms with Crippen LogP contribution in [0.2, 0.25) is 0 Å². The Bertz CT molecular complexity index is 579. The van der Waals surface area contributed by atoms with Crippen molar-refractivity contribution in [3.8, 4) is 11.5 Å². The number of hydrogen-bond acceptors (Lipinski definition) is 5. The van der Waals surface area contributed by atoms with Crippen molar-refractivity contribution in [1.82, 2.24) is 14.9 Å². The molecule has 2 aromatic rings. The highest BCUT2D eigenvalue weighted by atomic mass is 16.5. The van der Waals surface area contributed by atoms with E-state index in [1.54, 1.807) is 6.21 Å². The normalized spacial score (nSPS) is 11.2. The van der Waals surface area contributed by atoms with E-state index in [0.717, 1.165) is 17.1 Å². The van der Waals surface area contributed by atoms with Crippen molar-refractivity contribution in [2.45, 2.75) is 20.8 Å². The molecule has 0 bridgehead atoms. The van der Waals surface area contributed by atoms with Crippen molar-refractivity contribution >= 4 is 6.21 Å². The first kappa shape index (κ1) is 15.0. The minimum absolute atomic E-state index is 0.467. The molecule has 0 unspecified atom stereocenters. The van der Waals surface area contributed by atoms with Gasteiger partial charge in [0, 0.05) is 0 Å². The molecule has 0 amide bonds. The van der Waals surface area contributed by atoms with E-state index in [1.165, 1.54) is 17.3 Å². The van der Waals surface area contributed by atoms with Gasteiger partial charge in [-0.25, -0.2) is 4.68 Å². The molecular weight excluding hydrogens is 268 g/mol. The summed E-state index contributed by atoms with van der Waals surface area (Å²) < 4.78 is 12.9. The van der Waals surface area contributed by atoms with Crippen LogP contribution in [-0.2, 0) is 0 Å². The SMILES string of the molecule is CCOc1cc(C=Nn2cnnc2)ccc1OCC(C)C. The lowest BCUT2D eigenvalue weighted by atomic mass is 10.2. The van der Waals surface area contributed by atoms with E-state index < -0.39 is 0 Å². The van der Waals surface area contributed by atoms with E-state index in [2.05, 4.69) is 29.1 Å². The van der Waals surface area contributed by atoms with Gasteiger partial charge in [0.15, 0.2) is 11.5 Å². The Morgan fingerprint density at radius 2 is 1.95 bits per heavy atom. The van der Waals surface area contributed by atoms with Gasteiger partial charge in [0.25, 0.3) is 0 Å². The second-order valence-corrected chi connectivity index (χ2v) is 4.93. The second-order valence-electron chi connectivity index (χ2n) is 4.93. The lowest BCUT2D eigenvalue weighted by molar-refractivity contribution is 0.248. The minimum atomic E-state index is 0.467. The molecule has 21 heavy (non-hydrogen) atoms. The maximum Gasteiger partial charge on any atom is 0.161 e. The molecule has 2 rings (SSSR count). The number of rotatable bonds is 7. The molecule has 0 aliphatic heterocycles. The third kappa shape index (κ3) is 4.59. The topological polar surface area (TPSA) is 61.5 Å². The van der Waals surface area contributed by atoms with Crippen LogP contribution in [0.3, 0.4) is 0 Å². The first-order valence-electron chi connectivity index (χ1n) is 6.97. The molecule has 0 saturated carbocycles. The largest absolute Gasteiger partial charge is 0.490 e. The molecule has 1 heterocycles. The van der Waals surface area contributed by atoms with Gasteiger partial charge in [-0.2, -0.15) is 5.10 Å². The molecule has 0 fully saturated rings. The molecule has 1 aromatic carbocycles. The Morgan fingerprint density at radius 3 is 2.62 bits per heavy atom. The Balaban J connectivity index is 2.14.